The largest absolute Gasteiger partial charge is 0.357 e. The van der Waals surface area contributed by atoms with Crippen molar-refractivity contribution in [3.63, 3.8) is 0 Å². The fraction of sp³-hybridized carbons (Fsp3) is 0.727. The van der Waals surface area contributed by atoms with Gasteiger partial charge >= 0.3 is 0 Å². The standard InChI is InChI=1S/C22H38N8O/c1-5-23-21(27-19-16-30(17(2)3)15-18(19)4)24-10-7-20(31)28-11-13-29(14-12-28)22-25-8-6-9-26-22/h6,8-9,17-19H,5,7,10-16H2,1-4H3,(H2,23,24,27). The van der Waals surface area contributed by atoms with Crippen molar-refractivity contribution in [2.24, 2.45) is 10.9 Å². The van der Waals surface area contributed by atoms with Gasteiger partial charge in [-0.3, -0.25) is 14.7 Å². The first kappa shape index (κ1) is 23.2. The van der Waals surface area contributed by atoms with E-state index in [1.807, 2.05) is 11.0 Å². The Morgan fingerprint density at radius 3 is 2.52 bits per heavy atom. The van der Waals surface area contributed by atoms with Gasteiger partial charge in [0, 0.05) is 76.7 Å². The second-order valence-corrected chi connectivity index (χ2v) is 8.70. The highest BCUT2D eigenvalue weighted by atomic mass is 16.2. The first-order valence-electron chi connectivity index (χ1n) is 11.6. The normalized spacial score (nSPS) is 22.8. The lowest BCUT2D eigenvalue weighted by Gasteiger charge is -2.34. The van der Waals surface area contributed by atoms with Gasteiger partial charge in [0.2, 0.25) is 11.9 Å². The van der Waals surface area contributed by atoms with E-state index in [-0.39, 0.29) is 5.91 Å². The molecule has 9 nitrogen and oxygen atoms in total. The summed E-state index contributed by atoms with van der Waals surface area (Å²) in [6.07, 6.45) is 3.93. The van der Waals surface area contributed by atoms with Gasteiger partial charge < -0.3 is 20.4 Å². The number of amides is 1. The molecule has 0 spiro atoms. The zero-order valence-electron chi connectivity index (χ0n) is 19.4. The van der Waals surface area contributed by atoms with E-state index in [1.165, 1.54) is 0 Å². The Morgan fingerprint density at radius 2 is 1.90 bits per heavy atom. The van der Waals surface area contributed by atoms with E-state index in [1.54, 1.807) is 12.4 Å². The van der Waals surface area contributed by atoms with Gasteiger partial charge in [0.15, 0.2) is 5.96 Å². The Hall–Kier alpha value is -2.42. The van der Waals surface area contributed by atoms with E-state index in [0.29, 0.717) is 44.1 Å². The predicted molar refractivity (Wildman–Crippen MR) is 124 cm³/mol. The Kier molecular flexibility index (Phi) is 8.45. The number of piperazine rings is 1. The second kappa shape index (κ2) is 11.3. The highest BCUT2D eigenvalue weighted by Gasteiger charge is 2.31. The minimum absolute atomic E-state index is 0.161. The third kappa shape index (κ3) is 6.53. The number of rotatable bonds is 7. The molecule has 0 saturated carbocycles. The number of likely N-dealkylation sites (tertiary alicyclic amines) is 1. The molecular formula is C22H38N8O. The van der Waals surface area contributed by atoms with Crippen LogP contribution in [-0.2, 0) is 4.79 Å². The van der Waals surface area contributed by atoms with Crippen molar-refractivity contribution in [3.8, 4) is 0 Å². The molecule has 3 heterocycles. The van der Waals surface area contributed by atoms with Crippen LogP contribution in [0.25, 0.3) is 0 Å². The third-order valence-electron chi connectivity index (χ3n) is 6.10. The fourth-order valence-corrected chi connectivity index (χ4v) is 4.14. The van der Waals surface area contributed by atoms with Gasteiger partial charge in [0.1, 0.15) is 0 Å². The molecule has 1 amide bonds. The summed E-state index contributed by atoms with van der Waals surface area (Å²) in [5.74, 6) is 2.27. The predicted octanol–water partition coefficient (Wildman–Crippen LogP) is 0.799. The highest BCUT2D eigenvalue weighted by Crippen LogP contribution is 2.18. The molecule has 2 atom stereocenters. The number of aliphatic imine (C=N–C) groups is 1. The quantitative estimate of drug-likeness (QED) is 0.489. The first-order valence-corrected chi connectivity index (χ1v) is 11.6. The van der Waals surface area contributed by atoms with Gasteiger partial charge in [-0.05, 0) is 32.8 Å². The molecule has 31 heavy (non-hydrogen) atoms. The molecule has 2 aliphatic heterocycles. The molecule has 1 aromatic heterocycles. The van der Waals surface area contributed by atoms with Crippen LogP contribution in [0.5, 0.6) is 0 Å². The molecule has 2 fully saturated rings. The van der Waals surface area contributed by atoms with Crippen molar-refractivity contribution in [1.82, 2.24) is 30.4 Å². The number of carbonyl (C=O) groups excluding carboxylic acids is 1. The molecule has 2 unspecified atom stereocenters. The summed E-state index contributed by atoms with van der Waals surface area (Å²) in [5.41, 5.74) is 0. The van der Waals surface area contributed by atoms with Crippen LogP contribution < -0.4 is 15.5 Å². The Balaban J connectivity index is 1.45. The number of anilines is 1. The number of nitrogens with one attached hydrogen (secondary N) is 2. The van der Waals surface area contributed by atoms with Gasteiger partial charge in [0.05, 0.1) is 6.54 Å². The maximum atomic E-state index is 12.7. The molecule has 0 radical (unpaired) electrons. The molecule has 0 aromatic carbocycles. The smallest absolute Gasteiger partial charge is 0.225 e. The van der Waals surface area contributed by atoms with E-state index in [4.69, 9.17) is 0 Å². The van der Waals surface area contributed by atoms with Crippen LogP contribution in [-0.4, -0.2) is 96.1 Å². The van der Waals surface area contributed by atoms with E-state index in [0.717, 1.165) is 44.6 Å². The van der Waals surface area contributed by atoms with Gasteiger partial charge in [-0.2, -0.15) is 0 Å². The second-order valence-electron chi connectivity index (χ2n) is 8.70. The van der Waals surface area contributed by atoms with Crippen LogP contribution in [0.1, 0.15) is 34.1 Å². The minimum Gasteiger partial charge on any atom is -0.357 e. The Morgan fingerprint density at radius 1 is 1.19 bits per heavy atom. The van der Waals surface area contributed by atoms with Crippen LogP contribution in [0.15, 0.2) is 23.5 Å². The molecule has 0 bridgehead atoms. The zero-order valence-corrected chi connectivity index (χ0v) is 19.4. The molecule has 9 heteroatoms. The number of carbonyl (C=O) groups is 1. The van der Waals surface area contributed by atoms with Crippen molar-refractivity contribution >= 4 is 17.8 Å². The SMILES string of the molecule is CCNC(=NCCC(=O)N1CCN(c2ncccn2)CC1)NC1CN(C(C)C)CC1C. The maximum absolute atomic E-state index is 12.7. The molecule has 2 saturated heterocycles. The summed E-state index contributed by atoms with van der Waals surface area (Å²) < 4.78 is 0. The highest BCUT2D eigenvalue weighted by molar-refractivity contribution is 5.81. The molecule has 0 aliphatic carbocycles. The zero-order chi connectivity index (χ0) is 22.2. The molecular weight excluding hydrogens is 392 g/mol. The van der Waals surface area contributed by atoms with Crippen LogP contribution >= 0.6 is 0 Å². The molecule has 3 rings (SSSR count). The van der Waals surface area contributed by atoms with Crippen molar-refractivity contribution in [2.45, 2.75) is 46.2 Å². The summed E-state index contributed by atoms with van der Waals surface area (Å²) in [6, 6.07) is 2.75. The average molecular weight is 431 g/mol. The number of nitrogens with zero attached hydrogens (tertiary/aromatic N) is 6. The lowest BCUT2D eigenvalue weighted by molar-refractivity contribution is -0.131. The summed E-state index contributed by atoms with van der Waals surface area (Å²) in [4.78, 5) is 32.5. The molecule has 1 aromatic rings. The number of guanidine groups is 1. The fourth-order valence-electron chi connectivity index (χ4n) is 4.14. The molecule has 2 N–H and O–H groups in total. The van der Waals surface area contributed by atoms with Gasteiger partial charge in [-0.15, -0.1) is 0 Å². The summed E-state index contributed by atoms with van der Waals surface area (Å²) in [7, 11) is 0. The van der Waals surface area contributed by atoms with E-state index in [9.17, 15) is 4.79 Å². The van der Waals surface area contributed by atoms with E-state index < -0.39 is 0 Å². The van der Waals surface area contributed by atoms with Crippen molar-refractivity contribution in [1.29, 1.82) is 0 Å². The molecule has 2 aliphatic rings. The lowest BCUT2D eigenvalue weighted by Crippen LogP contribution is -2.49. The topological polar surface area (TPSA) is 89.0 Å². The maximum Gasteiger partial charge on any atom is 0.225 e. The summed E-state index contributed by atoms with van der Waals surface area (Å²) in [6.45, 7) is 15.2. The van der Waals surface area contributed by atoms with Gasteiger partial charge in [-0.1, -0.05) is 6.92 Å². The summed E-state index contributed by atoms with van der Waals surface area (Å²) >= 11 is 0. The van der Waals surface area contributed by atoms with Crippen LogP contribution in [0.2, 0.25) is 0 Å². The Bertz CT molecular complexity index is 717. The lowest BCUT2D eigenvalue weighted by atomic mass is 10.1. The van der Waals surface area contributed by atoms with Gasteiger partial charge in [0.25, 0.3) is 0 Å². The number of aromatic nitrogens is 2. The van der Waals surface area contributed by atoms with Crippen molar-refractivity contribution in [3.05, 3.63) is 18.5 Å². The van der Waals surface area contributed by atoms with E-state index >= 15 is 0 Å². The average Bonchev–Trinajstić information content (AvgIpc) is 3.15. The van der Waals surface area contributed by atoms with Crippen molar-refractivity contribution < 1.29 is 4.79 Å². The number of hydrogen-bond donors (Lipinski definition) is 2. The van der Waals surface area contributed by atoms with Crippen LogP contribution in [0, 0.1) is 5.92 Å². The van der Waals surface area contributed by atoms with Crippen LogP contribution in [0.4, 0.5) is 5.95 Å². The monoisotopic (exact) mass is 430 g/mol. The number of hydrogen-bond acceptors (Lipinski definition) is 6. The molecule has 172 valence electrons. The van der Waals surface area contributed by atoms with Crippen molar-refractivity contribution in [2.75, 3.05) is 57.3 Å². The minimum atomic E-state index is 0.161. The Labute approximate surface area is 186 Å². The first-order chi connectivity index (χ1) is 15.0. The van der Waals surface area contributed by atoms with Crippen LogP contribution in [0.3, 0.4) is 0 Å². The third-order valence-corrected chi connectivity index (χ3v) is 6.10. The van der Waals surface area contributed by atoms with Gasteiger partial charge in [-0.25, -0.2) is 9.97 Å². The van der Waals surface area contributed by atoms with E-state index in [2.05, 4.69) is 63.1 Å². The summed E-state index contributed by atoms with van der Waals surface area (Å²) in [5, 5.41) is 6.91.